The van der Waals surface area contributed by atoms with E-state index in [-0.39, 0.29) is 5.41 Å². The number of fused-ring (bicyclic) bond motifs is 1. The molecule has 2 heterocycles. The summed E-state index contributed by atoms with van der Waals surface area (Å²) in [4.78, 5) is 8.97. The van der Waals surface area contributed by atoms with Gasteiger partial charge in [0.1, 0.15) is 0 Å². The highest BCUT2D eigenvalue weighted by atomic mass is 16.5. The molecule has 1 aliphatic heterocycles. The van der Waals surface area contributed by atoms with Gasteiger partial charge in [-0.15, -0.1) is 0 Å². The van der Waals surface area contributed by atoms with Gasteiger partial charge in [0.05, 0.1) is 6.10 Å². The summed E-state index contributed by atoms with van der Waals surface area (Å²) in [5, 5.41) is 7.09. The number of rotatable bonds is 5. The van der Waals surface area contributed by atoms with Gasteiger partial charge in [-0.3, -0.25) is 9.98 Å². The molecule has 1 saturated heterocycles. The Balaban J connectivity index is 1.62. The summed E-state index contributed by atoms with van der Waals surface area (Å²) in [7, 11) is 0. The largest absolute Gasteiger partial charge is 0.377 e. The number of aliphatic imine (C=N–C) groups is 1. The van der Waals surface area contributed by atoms with Crippen LogP contribution in [0.15, 0.2) is 23.5 Å². The second-order valence-corrected chi connectivity index (χ2v) is 7.85. The van der Waals surface area contributed by atoms with E-state index >= 15 is 0 Å². The number of nitrogens with one attached hydrogen (secondary N) is 2. The molecule has 1 aromatic rings. The van der Waals surface area contributed by atoms with E-state index in [0.717, 1.165) is 32.1 Å². The van der Waals surface area contributed by atoms with Crippen LogP contribution in [0.4, 0.5) is 0 Å². The zero-order valence-electron chi connectivity index (χ0n) is 16.0. The SMILES string of the molecule is CCNC(=NCCc1ccncc1C)NC1C2CCCOC2C1(C)C. The second-order valence-electron chi connectivity index (χ2n) is 7.85. The maximum atomic E-state index is 6.01. The van der Waals surface area contributed by atoms with Crippen LogP contribution in [0.5, 0.6) is 0 Å². The predicted molar refractivity (Wildman–Crippen MR) is 102 cm³/mol. The van der Waals surface area contributed by atoms with Crippen LogP contribution in [-0.4, -0.2) is 42.8 Å². The number of nitrogens with zero attached hydrogens (tertiary/aromatic N) is 2. The summed E-state index contributed by atoms with van der Waals surface area (Å²) >= 11 is 0. The molecular formula is C20H32N4O. The summed E-state index contributed by atoms with van der Waals surface area (Å²) in [6, 6.07) is 2.52. The fraction of sp³-hybridized carbons (Fsp3) is 0.700. The van der Waals surface area contributed by atoms with Crippen molar-refractivity contribution >= 4 is 5.96 Å². The average Bonchev–Trinajstić information content (AvgIpc) is 2.61. The second kappa shape index (κ2) is 7.73. The van der Waals surface area contributed by atoms with E-state index in [1.807, 2.05) is 12.4 Å². The Bertz CT molecular complexity index is 613. The van der Waals surface area contributed by atoms with E-state index < -0.39 is 0 Å². The molecule has 1 saturated carbocycles. The minimum Gasteiger partial charge on any atom is -0.377 e. The van der Waals surface area contributed by atoms with E-state index in [1.54, 1.807) is 0 Å². The van der Waals surface area contributed by atoms with Crippen LogP contribution in [0.1, 0.15) is 44.7 Å². The van der Waals surface area contributed by atoms with Crippen LogP contribution in [0.2, 0.25) is 0 Å². The third-order valence-corrected chi connectivity index (χ3v) is 5.76. The van der Waals surface area contributed by atoms with Crippen molar-refractivity contribution in [1.29, 1.82) is 0 Å². The Morgan fingerprint density at radius 3 is 3.04 bits per heavy atom. The van der Waals surface area contributed by atoms with Gasteiger partial charge in [-0.25, -0.2) is 0 Å². The first-order chi connectivity index (χ1) is 12.0. The van der Waals surface area contributed by atoms with Crippen molar-refractivity contribution in [2.45, 2.75) is 59.1 Å². The number of guanidine groups is 1. The van der Waals surface area contributed by atoms with Crippen LogP contribution in [-0.2, 0) is 11.2 Å². The van der Waals surface area contributed by atoms with Gasteiger partial charge in [-0.05, 0) is 50.3 Å². The van der Waals surface area contributed by atoms with Crippen molar-refractivity contribution in [3.8, 4) is 0 Å². The van der Waals surface area contributed by atoms with Crippen LogP contribution in [0, 0.1) is 18.3 Å². The summed E-state index contributed by atoms with van der Waals surface area (Å²) < 4.78 is 6.01. The summed E-state index contributed by atoms with van der Waals surface area (Å²) in [5.74, 6) is 1.53. The molecule has 2 aliphatic rings. The molecule has 0 amide bonds. The van der Waals surface area contributed by atoms with Gasteiger partial charge in [0.25, 0.3) is 0 Å². The molecule has 1 aromatic heterocycles. The first kappa shape index (κ1) is 18.2. The van der Waals surface area contributed by atoms with Crippen LogP contribution < -0.4 is 10.6 Å². The lowest BCUT2D eigenvalue weighted by molar-refractivity contribution is -0.188. The van der Waals surface area contributed by atoms with Crippen molar-refractivity contribution in [2.24, 2.45) is 16.3 Å². The zero-order valence-corrected chi connectivity index (χ0v) is 16.0. The lowest BCUT2D eigenvalue weighted by Gasteiger charge is -2.60. The molecule has 2 fully saturated rings. The molecule has 138 valence electrons. The first-order valence-electron chi connectivity index (χ1n) is 9.60. The van der Waals surface area contributed by atoms with Crippen LogP contribution in [0.25, 0.3) is 0 Å². The van der Waals surface area contributed by atoms with Gasteiger partial charge >= 0.3 is 0 Å². The molecule has 25 heavy (non-hydrogen) atoms. The Hall–Kier alpha value is -1.62. The Kier molecular flexibility index (Phi) is 5.62. The summed E-state index contributed by atoms with van der Waals surface area (Å²) in [5.41, 5.74) is 2.71. The van der Waals surface area contributed by atoms with Crippen molar-refractivity contribution in [3.63, 3.8) is 0 Å². The summed E-state index contributed by atoms with van der Waals surface area (Å²) in [6.45, 7) is 11.4. The third kappa shape index (κ3) is 3.81. The number of aryl methyl sites for hydroxylation is 1. The summed E-state index contributed by atoms with van der Waals surface area (Å²) in [6.07, 6.45) is 7.53. The van der Waals surface area contributed by atoms with E-state index in [1.165, 1.54) is 24.0 Å². The third-order valence-electron chi connectivity index (χ3n) is 5.76. The van der Waals surface area contributed by atoms with E-state index in [4.69, 9.17) is 9.73 Å². The van der Waals surface area contributed by atoms with Crippen molar-refractivity contribution in [2.75, 3.05) is 19.7 Å². The number of pyridine rings is 1. The number of hydrogen-bond donors (Lipinski definition) is 2. The predicted octanol–water partition coefficient (Wildman–Crippen LogP) is 2.69. The fourth-order valence-corrected chi connectivity index (χ4v) is 4.35. The van der Waals surface area contributed by atoms with E-state index in [2.05, 4.69) is 49.4 Å². The normalized spacial score (nSPS) is 28.0. The van der Waals surface area contributed by atoms with Gasteiger partial charge in [-0.2, -0.15) is 0 Å². The Morgan fingerprint density at radius 1 is 1.44 bits per heavy atom. The maximum Gasteiger partial charge on any atom is 0.191 e. The van der Waals surface area contributed by atoms with Crippen molar-refractivity contribution in [1.82, 2.24) is 15.6 Å². The molecular weight excluding hydrogens is 312 g/mol. The Labute approximate surface area is 151 Å². The number of hydrogen-bond acceptors (Lipinski definition) is 3. The zero-order chi connectivity index (χ0) is 17.9. The number of aromatic nitrogens is 1. The standard InChI is InChI=1S/C20H32N4O/c1-5-22-19(23-11-9-15-8-10-21-13-14(15)2)24-17-16-7-6-12-25-18(16)20(17,3)4/h8,10,13,16-18H,5-7,9,11-12H2,1-4H3,(H2,22,23,24). The van der Waals surface area contributed by atoms with Gasteiger partial charge < -0.3 is 15.4 Å². The van der Waals surface area contributed by atoms with Gasteiger partial charge in [0.15, 0.2) is 5.96 Å². The lowest BCUT2D eigenvalue weighted by Crippen LogP contribution is -2.71. The molecule has 0 bridgehead atoms. The molecule has 1 aliphatic carbocycles. The van der Waals surface area contributed by atoms with Crippen LogP contribution in [0.3, 0.4) is 0 Å². The molecule has 0 spiro atoms. The van der Waals surface area contributed by atoms with Gasteiger partial charge in [0, 0.05) is 49.5 Å². The van der Waals surface area contributed by atoms with Gasteiger partial charge in [0.2, 0.25) is 0 Å². The lowest BCUT2D eigenvalue weighted by atomic mass is 9.55. The molecule has 3 atom stereocenters. The highest BCUT2D eigenvalue weighted by Gasteiger charge is 2.58. The van der Waals surface area contributed by atoms with E-state index in [9.17, 15) is 0 Å². The van der Waals surface area contributed by atoms with Crippen LogP contribution >= 0.6 is 0 Å². The minimum absolute atomic E-state index is 0.156. The Morgan fingerprint density at radius 2 is 2.28 bits per heavy atom. The molecule has 5 nitrogen and oxygen atoms in total. The van der Waals surface area contributed by atoms with Crippen molar-refractivity contribution in [3.05, 3.63) is 29.6 Å². The molecule has 0 radical (unpaired) electrons. The minimum atomic E-state index is 0.156. The average molecular weight is 345 g/mol. The van der Waals surface area contributed by atoms with E-state index in [0.29, 0.717) is 18.1 Å². The smallest absolute Gasteiger partial charge is 0.191 e. The molecule has 2 N–H and O–H groups in total. The fourth-order valence-electron chi connectivity index (χ4n) is 4.35. The highest BCUT2D eigenvalue weighted by molar-refractivity contribution is 5.80. The molecule has 3 unspecified atom stereocenters. The maximum absolute atomic E-state index is 6.01. The topological polar surface area (TPSA) is 58.5 Å². The number of ether oxygens (including phenoxy) is 1. The monoisotopic (exact) mass is 344 g/mol. The molecule has 0 aromatic carbocycles. The van der Waals surface area contributed by atoms with Crippen molar-refractivity contribution < 1.29 is 4.74 Å². The molecule has 3 rings (SSSR count). The highest BCUT2D eigenvalue weighted by Crippen LogP contribution is 2.51. The molecule has 5 heteroatoms. The van der Waals surface area contributed by atoms with Gasteiger partial charge in [-0.1, -0.05) is 13.8 Å². The quantitative estimate of drug-likeness (QED) is 0.637. The first-order valence-corrected chi connectivity index (χ1v) is 9.60.